The van der Waals surface area contributed by atoms with E-state index in [1.807, 2.05) is 31.2 Å². The molecule has 1 N–H and O–H groups in total. The molecule has 1 fully saturated rings. The molecule has 0 saturated carbocycles. The van der Waals surface area contributed by atoms with Crippen molar-refractivity contribution in [2.45, 2.75) is 26.2 Å². The largest absolute Gasteiger partial charge is 0.322 e. The number of rotatable bonds is 4. The Balaban J connectivity index is 1.85. The van der Waals surface area contributed by atoms with Gasteiger partial charge in [0.05, 0.1) is 11.4 Å². The number of sulfonamides is 1. The Morgan fingerprint density at radius 3 is 2.68 bits per heavy atom. The molecule has 1 aliphatic rings. The summed E-state index contributed by atoms with van der Waals surface area (Å²) in [6, 6.07) is 14.5. The van der Waals surface area contributed by atoms with Gasteiger partial charge in [0.25, 0.3) is 5.91 Å². The summed E-state index contributed by atoms with van der Waals surface area (Å²) >= 11 is 0. The highest BCUT2D eigenvalue weighted by Crippen LogP contribution is 2.25. The van der Waals surface area contributed by atoms with Crippen LogP contribution >= 0.6 is 0 Å². The smallest absolute Gasteiger partial charge is 0.255 e. The fraction of sp³-hybridized carbons (Fsp3) is 0.316. The van der Waals surface area contributed by atoms with Gasteiger partial charge >= 0.3 is 0 Å². The maximum Gasteiger partial charge on any atom is 0.255 e. The van der Waals surface area contributed by atoms with Gasteiger partial charge in [0.2, 0.25) is 10.0 Å². The number of benzene rings is 2. The number of hydrogen-bond acceptors (Lipinski definition) is 3. The molecule has 0 aliphatic carbocycles. The highest BCUT2D eigenvalue weighted by Gasteiger charge is 2.26. The zero-order chi connectivity index (χ0) is 17.9. The highest BCUT2D eigenvalue weighted by molar-refractivity contribution is 7.92. The van der Waals surface area contributed by atoms with E-state index >= 15 is 0 Å². The molecular formula is C19H22N2O3S. The van der Waals surface area contributed by atoms with Gasteiger partial charge in [0.15, 0.2) is 0 Å². The molecule has 0 unspecified atom stereocenters. The number of para-hydroxylation sites is 1. The minimum absolute atomic E-state index is 0.160. The van der Waals surface area contributed by atoms with Crippen molar-refractivity contribution in [3.63, 3.8) is 0 Å². The van der Waals surface area contributed by atoms with Crippen LogP contribution in [0.3, 0.4) is 0 Å². The molecule has 2 aromatic carbocycles. The lowest BCUT2D eigenvalue weighted by Crippen LogP contribution is -2.37. The molecule has 1 saturated heterocycles. The van der Waals surface area contributed by atoms with Gasteiger partial charge in [-0.2, -0.15) is 0 Å². The van der Waals surface area contributed by atoms with E-state index in [2.05, 4.69) is 5.32 Å². The summed E-state index contributed by atoms with van der Waals surface area (Å²) in [5.41, 5.74) is 2.84. The maximum absolute atomic E-state index is 12.6. The number of aryl methyl sites for hydroxylation is 1. The van der Waals surface area contributed by atoms with Crippen molar-refractivity contribution < 1.29 is 13.2 Å². The average molecular weight is 358 g/mol. The Morgan fingerprint density at radius 1 is 1.12 bits per heavy atom. The van der Waals surface area contributed by atoms with E-state index in [-0.39, 0.29) is 11.7 Å². The molecular weight excluding hydrogens is 336 g/mol. The summed E-state index contributed by atoms with van der Waals surface area (Å²) < 4.78 is 25.9. The molecule has 0 spiro atoms. The van der Waals surface area contributed by atoms with Crippen LogP contribution in [0.4, 0.5) is 11.4 Å². The lowest BCUT2D eigenvalue weighted by atomic mass is 10.1. The van der Waals surface area contributed by atoms with E-state index in [0.29, 0.717) is 24.2 Å². The van der Waals surface area contributed by atoms with E-state index < -0.39 is 10.0 Å². The van der Waals surface area contributed by atoms with Gasteiger partial charge in [-0.1, -0.05) is 31.2 Å². The fourth-order valence-electron chi connectivity index (χ4n) is 3.03. The summed E-state index contributed by atoms with van der Waals surface area (Å²) in [6.07, 6.45) is 2.34. The predicted molar refractivity (Wildman–Crippen MR) is 101 cm³/mol. The van der Waals surface area contributed by atoms with E-state index in [1.54, 1.807) is 24.3 Å². The number of anilines is 2. The lowest BCUT2D eigenvalue weighted by Gasteiger charge is -2.28. The first kappa shape index (κ1) is 17.5. The van der Waals surface area contributed by atoms with Gasteiger partial charge in [-0.3, -0.25) is 9.10 Å². The molecule has 1 amide bonds. The van der Waals surface area contributed by atoms with Gasteiger partial charge in [0, 0.05) is 17.8 Å². The van der Waals surface area contributed by atoms with E-state index in [4.69, 9.17) is 0 Å². The van der Waals surface area contributed by atoms with Gasteiger partial charge in [-0.25, -0.2) is 8.42 Å². The van der Waals surface area contributed by atoms with Crippen LogP contribution in [0.25, 0.3) is 0 Å². The van der Waals surface area contributed by atoms with Gasteiger partial charge in [-0.15, -0.1) is 0 Å². The second-order valence-electron chi connectivity index (χ2n) is 6.11. The Labute approximate surface area is 148 Å². The van der Waals surface area contributed by atoms with Crippen LogP contribution in [0.15, 0.2) is 48.5 Å². The molecule has 6 heteroatoms. The predicted octanol–water partition coefficient (Wildman–Crippen LogP) is 3.43. The molecule has 5 nitrogen and oxygen atoms in total. The minimum atomic E-state index is -3.29. The number of carbonyl (C=O) groups is 1. The summed E-state index contributed by atoms with van der Waals surface area (Å²) in [6.45, 7) is 2.50. The number of carbonyl (C=O) groups excluding carboxylic acids is 1. The second kappa shape index (κ2) is 7.27. The summed E-state index contributed by atoms with van der Waals surface area (Å²) in [5, 5.41) is 2.92. The van der Waals surface area contributed by atoms with Crippen molar-refractivity contribution in [1.82, 2.24) is 0 Å². The van der Waals surface area contributed by atoms with Crippen LogP contribution in [0.1, 0.15) is 35.7 Å². The molecule has 2 aromatic rings. The standard InChI is InChI=1S/C19H22N2O3S/c1-2-15-8-3-4-11-18(15)20-19(22)16-9-7-10-17(14-16)21-12-5-6-13-25(21,23)24/h3-4,7-11,14H,2,5-6,12-13H2,1H3,(H,20,22). The highest BCUT2D eigenvalue weighted by atomic mass is 32.2. The fourth-order valence-corrected chi connectivity index (χ4v) is 4.66. The second-order valence-corrected chi connectivity index (χ2v) is 8.12. The van der Waals surface area contributed by atoms with Crippen LogP contribution in [0.2, 0.25) is 0 Å². The van der Waals surface area contributed by atoms with Crippen molar-refractivity contribution in [2.75, 3.05) is 21.9 Å². The van der Waals surface area contributed by atoms with E-state index in [1.165, 1.54) is 4.31 Å². The number of hydrogen-bond donors (Lipinski definition) is 1. The molecule has 25 heavy (non-hydrogen) atoms. The molecule has 1 heterocycles. The third-order valence-corrected chi connectivity index (χ3v) is 6.26. The topological polar surface area (TPSA) is 66.5 Å². The van der Waals surface area contributed by atoms with E-state index in [0.717, 1.165) is 24.1 Å². The first-order valence-corrected chi connectivity index (χ1v) is 10.1. The van der Waals surface area contributed by atoms with Crippen LogP contribution in [-0.4, -0.2) is 26.6 Å². The summed E-state index contributed by atoms with van der Waals surface area (Å²) in [7, 11) is -3.29. The normalized spacial score (nSPS) is 16.4. The Bertz CT molecular complexity index is 878. The summed E-state index contributed by atoms with van der Waals surface area (Å²) in [5.74, 6) is -0.0787. The van der Waals surface area contributed by atoms with Crippen LogP contribution in [0, 0.1) is 0 Å². The molecule has 3 rings (SSSR count). The van der Waals surface area contributed by atoms with Crippen LogP contribution in [-0.2, 0) is 16.4 Å². The molecule has 0 bridgehead atoms. The average Bonchev–Trinajstić information content (AvgIpc) is 2.62. The first-order valence-electron chi connectivity index (χ1n) is 8.51. The molecule has 1 aliphatic heterocycles. The van der Waals surface area contributed by atoms with Gasteiger partial charge in [0.1, 0.15) is 0 Å². The number of amides is 1. The summed E-state index contributed by atoms with van der Waals surface area (Å²) in [4.78, 5) is 12.6. The third-order valence-electron chi connectivity index (χ3n) is 4.39. The molecule has 0 aromatic heterocycles. The quantitative estimate of drug-likeness (QED) is 0.910. The van der Waals surface area contributed by atoms with Crippen LogP contribution in [0.5, 0.6) is 0 Å². The Kier molecular flexibility index (Phi) is 5.08. The van der Waals surface area contributed by atoms with Crippen molar-refractivity contribution in [2.24, 2.45) is 0 Å². The zero-order valence-electron chi connectivity index (χ0n) is 14.2. The third kappa shape index (κ3) is 3.85. The number of nitrogens with zero attached hydrogens (tertiary/aromatic N) is 1. The minimum Gasteiger partial charge on any atom is -0.322 e. The van der Waals surface area contributed by atoms with Crippen molar-refractivity contribution in [3.05, 3.63) is 59.7 Å². The van der Waals surface area contributed by atoms with Crippen LogP contribution < -0.4 is 9.62 Å². The van der Waals surface area contributed by atoms with Crippen molar-refractivity contribution in [3.8, 4) is 0 Å². The van der Waals surface area contributed by atoms with Crippen molar-refractivity contribution >= 4 is 27.3 Å². The van der Waals surface area contributed by atoms with Gasteiger partial charge < -0.3 is 5.32 Å². The van der Waals surface area contributed by atoms with Crippen molar-refractivity contribution in [1.29, 1.82) is 0 Å². The number of nitrogens with one attached hydrogen (secondary N) is 1. The molecule has 0 atom stereocenters. The Morgan fingerprint density at radius 2 is 1.92 bits per heavy atom. The SMILES string of the molecule is CCc1ccccc1NC(=O)c1cccc(N2CCCCS2(=O)=O)c1. The Hall–Kier alpha value is -2.34. The maximum atomic E-state index is 12.6. The van der Waals surface area contributed by atoms with Gasteiger partial charge in [-0.05, 0) is 49.1 Å². The van der Waals surface area contributed by atoms with E-state index in [9.17, 15) is 13.2 Å². The lowest BCUT2D eigenvalue weighted by molar-refractivity contribution is 0.102. The monoisotopic (exact) mass is 358 g/mol. The zero-order valence-corrected chi connectivity index (χ0v) is 15.1. The first-order chi connectivity index (χ1) is 12.0. The molecule has 132 valence electrons. The molecule has 0 radical (unpaired) electrons.